The molecular formula is C78H103ClN14O13. The Balaban J connectivity index is 1.42. The second-order valence-electron chi connectivity index (χ2n) is 27.7. The lowest BCUT2D eigenvalue weighted by molar-refractivity contribution is -0.144. The second-order valence-corrected chi connectivity index (χ2v) is 28.2. The molecule has 14 N–H and O–H groups in total. The number of ketones is 1. The van der Waals surface area contributed by atoms with E-state index in [0.717, 1.165) is 37.3 Å². The van der Waals surface area contributed by atoms with Gasteiger partial charge in [-0.2, -0.15) is 0 Å². The number of amides is 10. The number of aromatic nitrogens is 2. The van der Waals surface area contributed by atoms with Crippen LogP contribution in [0.4, 0.5) is 0 Å². The lowest BCUT2D eigenvalue weighted by Gasteiger charge is -2.37. The Kier molecular flexibility index (Phi) is 32.8. The predicted octanol–water partition coefficient (Wildman–Crippen LogP) is 4.52. The third-order valence-corrected chi connectivity index (χ3v) is 18.7. The van der Waals surface area contributed by atoms with Gasteiger partial charge in [0.15, 0.2) is 5.78 Å². The molecule has 10 amide bonds. The minimum atomic E-state index is -1.72. The molecule has 570 valence electrons. The smallest absolute Gasteiger partial charge is 0.252 e. The number of phenols is 1. The summed E-state index contributed by atoms with van der Waals surface area (Å²) in [6.45, 7) is 13.6. The number of fused-ring (bicyclic) bond motifs is 1. The molecule has 2 heterocycles. The molecule has 0 bridgehead atoms. The van der Waals surface area contributed by atoms with Gasteiger partial charge in [0.25, 0.3) is 5.91 Å². The van der Waals surface area contributed by atoms with Gasteiger partial charge in [-0.05, 0) is 148 Å². The molecule has 28 heteroatoms. The summed E-state index contributed by atoms with van der Waals surface area (Å²) in [5, 5.41) is 46.1. The molecule has 0 saturated heterocycles. The number of halogens is 1. The van der Waals surface area contributed by atoms with E-state index in [1.807, 2.05) is 88.4 Å². The van der Waals surface area contributed by atoms with E-state index in [2.05, 4.69) is 52.5 Å². The number of imide groups is 1. The van der Waals surface area contributed by atoms with E-state index >= 15 is 19.2 Å². The van der Waals surface area contributed by atoms with Crippen molar-refractivity contribution in [2.24, 2.45) is 17.4 Å². The highest BCUT2D eigenvalue weighted by Crippen LogP contribution is 2.38. The summed E-state index contributed by atoms with van der Waals surface area (Å²) in [6, 6.07) is 21.6. The van der Waals surface area contributed by atoms with Crippen LogP contribution in [-0.4, -0.2) is 189 Å². The van der Waals surface area contributed by atoms with E-state index in [1.54, 1.807) is 42.7 Å². The first kappa shape index (κ1) is 84.9. The van der Waals surface area contributed by atoms with Gasteiger partial charge in [0.1, 0.15) is 42.0 Å². The molecule has 0 aliphatic rings. The molecule has 0 spiro atoms. The Morgan fingerprint density at radius 3 is 1.79 bits per heavy atom. The monoisotopic (exact) mass is 1480 g/mol. The summed E-state index contributed by atoms with van der Waals surface area (Å²) in [4.78, 5) is 166. The topological polar surface area (TPSA) is 409 Å². The van der Waals surface area contributed by atoms with Crippen molar-refractivity contribution >= 4 is 87.2 Å². The highest BCUT2D eigenvalue weighted by atomic mass is 35.5. The van der Waals surface area contributed by atoms with E-state index in [0.29, 0.717) is 17.1 Å². The van der Waals surface area contributed by atoms with Crippen molar-refractivity contribution in [3.63, 3.8) is 0 Å². The molecule has 0 aliphatic heterocycles. The Morgan fingerprint density at radius 2 is 1.20 bits per heavy atom. The standard InChI is InChI=1S/C78H103ClN14O13/c1-46(2)38-65(74(103)88-63(68(97)20-15-37-93(52(9)95)76(105)49(6)81)33-34-78(45-85-47(3)4,60-19-14-36-83-43-60)59-26-28-61(79)29-27-59)90-73(102)64(32-25-57(42-84-72(101)58-18-13-35-82-41-58)56-24-23-54-16-11-12-17-55(54)40-56)89-75(104)67(39-53-21-30-62(96)31-22-53)92(10)77(106)66(44-94)91-71(100)51(8)87-70(99)50(7)86-69(98)48(5)80/h11-14,16-19,21-24,26-31,35-36,40-41,43,46-51,57,63-67,85,94,96H,15,20,25,32-34,37-39,42,44-45,80-81H2,1-10H3,(H,84,101)(H,86,98)(H,87,99)(H,88,103)(H,89,104)(H,90,102)(H,91,100)/t48-,49+,50-,51-,57?,63-,64+,65-,66-,67-,78?/m0/s1. The summed E-state index contributed by atoms with van der Waals surface area (Å²) in [5.74, 6) is -8.92. The number of carbonyl (C=O) groups is 11. The number of aliphatic hydroxyl groups excluding tert-OH is 1. The summed E-state index contributed by atoms with van der Waals surface area (Å²) in [6.07, 6.45) is 5.97. The fourth-order valence-corrected chi connectivity index (χ4v) is 12.4. The molecule has 106 heavy (non-hydrogen) atoms. The number of hydrogen-bond donors (Lipinski definition) is 12. The van der Waals surface area contributed by atoms with Gasteiger partial charge >= 0.3 is 0 Å². The quantitative estimate of drug-likeness (QED) is 0.0251. The van der Waals surface area contributed by atoms with E-state index in [9.17, 15) is 43.8 Å². The number of likely N-dealkylation sites (N-methyl/N-ethyl adjacent to an activating group) is 1. The first-order chi connectivity index (χ1) is 50.3. The molecule has 6 rings (SSSR count). The third-order valence-electron chi connectivity index (χ3n) is 18.5. The van der Waals surface area contributed by atoms with Crippen molar-refractivity contribution in [1.29, 1.82) is 0 Å². The highest BCUT2D eigenvalue weighted by molar-refractivity contribution is 6.30. The van der Waals surface area contributed by atoms with Crippen molar-refractivity contribution in [2.45, 2.75) is 185 Å². The van der Waals surface area contributed by atoms with Gasteiger partial charge in [0, 0.05) is 93.6 Å². The molecule has 2 unspecified atom stereocenters. The number of nitrogens with zero attached hydrogens (tertiary/aromatic N) is 4. The van der Waals surface area contributed by atoms with Crippen LogP contribution in [0.1, 0.15) is 146 Å². The van der Waals surface area contributed by atoms with E-state index < -0.39 is 137 Å². The molecule has 0 radical (unpaired) electrons. The first-order valence-electron chi connectivity index (χ1n) is 35.7. The number of carbonyl (C=O) groups excluding carboxylic acids is 11. The number of phenolic OH excluding ortho intramolecular Hbond substituents is 1. The number of benzene rings is 4. The lowest BCUT2D eigenvalue weighted by atomic mass is 9.70. The lowest BCUT2D eigenvalue weighted by Crippen LogP contribution is -2.61. The number of aromatic hydroxyl groups is 1. The van der Waals surface area contributed by atoms with Crippen LogP contribution in [-0.2, 0) is 59.8 Å². The van der Waals surface area contributed by atoms with Crippen LogP contribution in [0.2, 0.25) is 5.02 Å². The van der Waals surface area contributed by atoms with Gasteiger partial charge < -0.3 is 69.1 Å². The SMILES string of the molecule is CC(=O)N(CCCC(=O)[C@H](CCC(CNC(C)C)(c1ccc(Cl)cc1)c1cccnc1)NC(=O)[C@H](CC(C)C)NC(=O)[C@@H](CCC(CNC(=O)c1cccnc1)c1ccc2ccccc2c1)NC(=O)[C@H](Cc1ccc(O)cc1)N(C)C(=O)[C@H](CO)NC(=O)[C@H](C)NC(=O)[C@H](C)NC(=O)[C@H](C)N)C(=O)[C@@H](C)N. The van der Waals surface area contributed by atoms with Gasteiger partial charge in [-0.1, -0.05) is 112 Å². The van der Waals surface area contributed by atoms with Gasteiger partial charge in [0.05, 0.1) is 30.3 Å². The molecule has 0 fully saturated rings. The van der Waals surface area contributed by atoms with Crippen LogP contribution in [0.5, 0.6) is 5.75 Å². The van der Waals surface area contributed by atoms with E-state index in [1.165, 1.54) is 78.3 Å². The zero-order valence-corrected chi connectivity index (χ0v) is 62.7. The van der Waals surface area contributed by atoms with Crippen LogP contribution < -0.4 is 54.0 Å². The number of nitrogens with one attached hydrogen (secondary N) is 8. The van der Waals surface area contributed by atoms with Gasteiger partial charge in [0.2, 0.25) is 53.2 Å². The number of hydrogen-bond acceptors (Lipinski definition) is 18. The Labute approximate surface area is 624 Å². The van der Waals surface area contributed by atoms with Crippen molar-refractivity contribution in [2.75, 3.05) is 33.3 Å². The van der Waals surface area contributed by atoms with Gasteiger partial charge in [-0.3, -0.25) is 67.6 Å². The summed E-state index contributed by atoms with van der Waals surface area (Å²) >= 11 is 6.49. The third kappa shape index (κ3) is 25.1. The largest absolute Gasteiger partial charge is 0.508 e. The molecule has 27 nitrogen and oxygen atoms in total. The van der Waals surface area contributed by atoms with Crippen molar-refractivity contribution in [3.8, 4) is 5.75 Å². The Bertz CT molecular complexity index is 3960. The molecule has 2 aromatic heterocycles. The summed E-state index contributed by atoms with van der Waals surface area (Å²) in [7, 11) is 1.25. The second kappa shape index (κ2) is 41.0. The number of aliphatic hydroxyl groups is 1. The minimum absolute atomic E-state index is 0.00463. The number of Topliss-reactive ketones (excluding diaryl/α,β-unsaturated/α-hetero) is 1. The maximum atomic E-state index is 15.7. The molecular weight excluding hydrogens is 1380 g/mol. The normalized spacial score (nSPS) is 14.8. The van der Waals surface area contributed by atoms with Gasteiger partial charge in [-0.25, -0.2) is 0 Å². The van der Waals surface area contributed by atoms with Crippen molar-refractivity contribution < 1.29 is 63.0 Å². The fraction of sp³-hybridized carbons (Fsp3) is 0.449. The van der Waals surface area contributed by atoms with E-state index in [4.69, 9.17) is 23.1 Å². The Morgan fingerprint density at radius 1 is 0.594 bits per heavy atom. The molecule has 0 saturated carbocycles. The highest BCUT2D eigenvalue weighted by Gasteiger charge is 2.40. The summed E-state index contributed by atoms with van der Waals surface area (Å²) in [5.41, 5.74) is 13.7. The molecule has 0 aliphatic carbocycles. The molecule has 6 aromatic rings. The van der Waals surface area contributed by atoms with Crippen LogP contribution in [0, 0.1) is 5.92 Å². The zero-order valence-electron chi connectivity index (χ0n) is 61.9. The number of pyridine rings is 2. The first-order valence-corrected chi connectivity index (χ1v) is 36.1. The average molecular weight is 1480 g/mol. The summed E-state index contributed by atoms with van der Waals surface area (Å²) < 4.78 is 0. The average Bonchev–Trinajstić information content (AvgIpc) is 0.779. The van der Waals surface area contributed by atoms with Crippen LogP contribution in [0.25, 0.3) is 10.8 Å². The van der Waals surface area contributed by atoms with E-state index in [-0.39, 0.29) is 87.7 Å². The van der Waals surface area contributed by atoms with Crippen molar-refractivity contribution in [3.05, 3.63) is 173 Å². The maximum absolute atomic E-state index is 15.7. The number of rotatable bonds is 40. The zero-order chi connectivity index (χ0) is 77.9. The fourth-order valence-electron chi connectivity index (χ4n) is 12.3. The van der Waals surface area contributed by atoms with Crippen LogP contribution in [0.3, 0.4) is 0 Å². The van der Waals surface area contributed by atoms with Crippen LogP contribution >= 0.6 is 11.6 Å². The minimum Gasteiger partial charge on any atom is -0.508 e. The molecule has 11 atom stereocenters. The Hall–Kier alpha value is -10.1. The predicted molar refractivity (Wildman–Crippen MR) is 403 cm³/mol. The molecule has 4 aromatic carbocycles. The maximum Gasteiger partial charge on any atom is 0.252 e. The number of nitrogens with two attached hydrogens (primary N) is 2. The van der Waals surface area contributed by atoms with Crippen LogP contribution in [0.15, 0.2) is 140 Å². The van der Waals surface area contributed by atoms with Crippen molar-refractivity contribution in [1.82, 2.24) is 62.3 Å². The van der Waals surface area contributed by atoms with Gasteiger partial charge in [-0.15, -0.1) is 0 Å².